The summed E-state index contributed by atoms with van der Waals surface area (Å²) >= 11 is 1.31. The van der Waals surface area contributed by atoms with E-state index in [1.165, 1.54) is 16.8 Å². The molecule has 0 saturated heterocycles. The molecule has 0 spiro atoms. The van der Waals surface area contributed by atoms with E-state index >= 15 is 0 Å². The molecule has 34 heavy (non-hydrogen) atoms. The third-order valence-corrected chi connectivity index (χ3v) is 6.02. The summed E-state index contributed by atoms with van der Waals surface area (Å²) < 4.78 is 22.1. The number of nitrogens with one attached hydrogen (secondary N) is 1. The van der Waals surface area contributed by atoms with Crippen LogP contribution >= 0.6 is 11.8 Å². The molecule has 176 valence electrons. The lowest BCUT2D eigenvalue weighted by Gasteiger charge is -2.20. The van der Waals surface area contributed by atoms with E-state index in [9.17, 15) is 4.79 Å². The molecule has 1 N–H and O–H groups in total. The molecule has 0 fully saturated rings. The molecule has 4 rings (SSSR count). The Kier molecular flexibility index (Phi) is 7.17. The van der Waals surface area contributed by atoms with Gasteiger partial charge in [-0.3, -0.25) is 10.2 Å². The molecule has 2 aliphatic rings. The summed E-state index contributed by atoms with van der Waals surface area (Å²) in [5.41, 5.74) is 0.839. The molecule has 9 nitrogen and oxygen atoms in total. The number of carbonyl (C=O) groups is 1. The number of hydrazone groups is 1. The van der Waals surface area contributed by atoms with Crippen molar-refractivity contribution >= 4 is 39.8 Å². The first kappa shape index (κ1) is 23.4. The lowest BCUT2D eigenvalue weighted by Crippen LogP contribution is -2.35. The Labute approximate surface area is 201 Å². The number of aliphatic imine (C=N–C) groups is 1. The highest BCUT2D eigenvalue weighted by atomic mass is 32.2. The van der Waals surface area contributed by atoms with Crippen LogP contribution in [0.2, 0.25) is 0 Å². The van der Waals surface area contributed by atoms with E-state index in [-0.39, 0.29) is 11.4 Å². The molecule has 0 aliphatic carbocycles. The first-order valence-corrected chi connectivity index (χ1v) is 11.4. The summed E-state index contributed by atoms with van der Waals surface area (Å²) in [6.45, 7) is 2.63. The Morgan fingerprint density at radius 2 is 1.74 bits per heavy atom. The smallest absolute Gasteiger partial charge is 0.283 e. The molecule has 0 radical (unpaired) electrons. The van der Waals surface area contributed by atoms with Crippen molar-refractivity contribution in [3.63, 3.8) is 0 Å². The lowest BCUT2D eigenvalue weighted by molar-refractivity contribution is -0.114. The SMILES string of the molecule is CCC1=NN2C(=N)/C(=C\c3ccc(OCCOc4ccc(OC)cc4)c(OC)c3)C(=O)N=C2S1. The van der Waals surface area contributed by atoms with Gasteiger partial charge >= 0.3 is 0 Å². The van der Waals surface area contributed by atoms with Crippen molar-refractivity contribution in [2.75, 3.05) is 27.4 Å². The van der Waals surface area contributed by atoms with Gasteiger partial charge in [0.15, 0.2) is 17.3 Å². The van der Waals surface area contributed by atoms with E-state index in [0.717, 1.165) is 16.5 Å². The number of hydrogen-bond acceptors (Lipinski definition) is 8. The number of hydrogen-bond donors (Lipinski definition) is 1. The van der Waals surface area contributed by atoms with Gasteiger partial charge in [0.2, 0.25) is 5.17 Å². The number of fused-ring (bicyclic) bond motifs is 1. The molecular weight excluding hydrogens is 456 g/mol. The van der Waals surface area contributed by atoms with Gasteiger partial charge in [-0.2, -0.15) is 15.1 Å². The fraction of sp³-hybridized carbons (Fsp3) is 0.250. The van der Waals surface area contributed by atoms with E-state index in [1.54, 1.807) is 38.5 Å². The van der Waals surface area contributed by atoms with Crippen LogP contribution in [0.15, 0.2) is 58.1 Å². The maximum Gasteiger partial charge on any atom is 0.283 e. The second kappa shape index (κ2) is 10.4. The van der Waals surface area contributed by atoms with Crippen LogP contribution in [0.1, 0.15) is 18.9 Å². The van der Waals surface area contributed by atoms with Crippen LogP contribution in [0.25, 0.3) is 6.08 Å². The average Bonchev–Trinajstić information content (AvgIpc) is 3.28. The van der Waals surface area contributed by atoms with Gasteiger partial charge in [0.1, 0.15) is 29.8 Å². The third kappa shape index (κ3) is 5.07. The zero-order valence-electron chi connectivity index (χ0n) is 19.0. The van der Waals surface area contributed by atoms with Crippen molar-refractivity contribution in [1.29, 1.82) is 5.41 Å². The van der Waals surface area contributed by atoms with E-state index in [0.29, 0.717) is 41.9 Å². The third-order valence-electron chi connectivity index (χ3n) is 4.97. The van der Waals surface area contributed by atoms with Crippen LogP contribution in [0.3, 0.4) is 0 Å². The summed E-state index contributed by atoms with van der Waals surface area (Å²) in [7, 11) is 3.16. The topological polar surface area (TPSA) is 106 Å². The number of thioether (sulfide) groups is 1. The van der Waals surface area contributed by atoms with Crippen LogP contribution < -0.4 is 18.9 Å². The van der Waals surface area contributed by atoms with Crippen molar-refractivity contribution < 1.29 is 23.7 Å². The second-order valence-electron chi connectivity index (χ2n) is 7.15. The second-order valence-corrected chi connectivity index (χ2v) is 8.19. The molecule has 0 unspecified atom stereocenters. The average molecular weight is 481 g/mol. The highest BCUT2D eigenvalue weighted by molar-refractivity contribution is 8.26. The number of rotatable bonds is 9. The van der Waals surface area contributed by atoms with Crippen LogP contribution in [0, 0.1) is 5.41 Å². The number of benzene rings is 2. The summed E-state index contributed by atoms with van der Waals surface area (Å²) in [5, 5.41) is 15.4. The van der Waals surface area contributed by atoms with Crippen LogP contribution in [0.4, 0.5) is 0 Å². The van der Waals surface area contributed by atoms with Gasteiger partial charge in [-0.15, -0.1) is 0 Å². The normalized spacial score (nSPS) is 16.2. The van der Waals surface area contributed by atoms with E-state index in [1.807, 2.05) is 31.2 Å². The minimum absolute atomic E-state index is 0.000856. The van der Waals surface area contributed by atoms with E-state index in [2.05, 4.69) is 10.1 Å². The van der Waals surface area contributed by atoms with Crippen LogP contribution in [-0.4, -0.2) is 54.4 Å². The van der Waals surface area contributed by atoms with E-state index in [4.69, 9.17) is 24.4 Å². The zero-order valence-corrected chi connectivity index (χ0v) is 19.8. The Morgan fingerprint density at radius 3 is 2.44 bits per heavy atom. The predicted molar refractivity (Wildman–Crippen MR) is 132 cm³/mol. The summed E-state index contributed by atoms with van der Waals surface area (Å²) in [6.07, 6.45) is 2.32. The molecule has 0 atom stereocenters. The summed E-state index contributed by atoms with van der Waals surface area (Å²) in [4.78, 5) is 16.6. The molecule has 2 aromatic rings. The number of amidine groups is 2. The van der Waals surface area contributed by atoms with Crippen molar-refractivity contribution in [1.82, 2.24) is 5.01 Å². The molecule has 1 amide bonds. The van der Waals surface area contributed by atoms with Crippen molar-refractivity contribution in [2.45, 2.75) is 13.3 Å². The van der Waals surface area contributed by atoms with Gasteiger partial charge in [0.25, 0.3) is 5.91 Å². The number of nitrogens with zero attached hydrogens (tertiary/aromatic N) is 3. The first-order chi connectivity index (χ1) is 16.5. The minimum Gasteiger partial charge on any atom is -0.497 e. The number of carbonyl (C=O) groups excluding carboxylic acids is 1. The quantitative estimate of drug-likeness (QED) is 0.424. The van der Waals surface area contributed by atoms with Crippen LogP contribution in [0.5, 0.6) is 23.0 Å². The number of ether oxygens (including phenoxy) is 4. The highest BCUT2D eigenvalue weighted by Gasteiger charge is 2.35. The molecular formula is C24H24N4O5S. The van der Waals surface area contributed by atoms with Gasteiger partial charge in [0, 0.05) is 0 Å². The van der Waals surface area contributed by atoms with Crippen molar-refractivity contribution in [2.24, 2.45) is 10.1 Å². The molecule has 0 aromatic heterocycles. The van der Waals surface area contributed by atoms with Gasteiger partial charge < -0.3 is 18.9 Å². The summed E-state index contributed by atoms with van der Waals surface area (Å²) in [5.74, 6) is 2.06. The summed E-state index contributed by atoms with van der Waals surface area (Å²) in [6, 6.07) is 12.6. The Balaban J connectivity index is 1.41. The maximum atomic E-state index is 12.5. The van der Waals surface area contributed by atoms with Crippen molar-refractivity contribution in [3.05, 3.63) is 53.6 Å². The molecule has 2 heterocycles. The number of methoxy groups -OCH3 is 2. The van der Waals surface area contributed by atoms with Crippen LogP contribution in [-0.2, 0) is 4.79 Å². The fourth-order valence-corrected chi connectivity index (χ4v) is 4.04. The zero-order chi connectivity index (χ0) is 24.1. The molecule has 10 heteroatoms. The first-order valence-electron chi connectivity index (χ1n) is 10.6. The van der Waals surface area contributed by atoms with Gasteiger partial charge in [-0.05, 0) is 66.2 Å². The Hall–Kier alpha value is -3.79. The van der Waals surface area contributed by atoms with Crippen molar-refractivity contribution in [3.8, 4) is 23.0 Å². The maximum absolute atomic E-state index is 12.5. The van der Waals surface area contributed by atoms with E-state index < -0.39 is 5.91 Å². The molecule has 0 saturated carbocycles. The lowest BCUT2D eigenvalue weighted by atomic mass is 10.1. The fourth-order valence-electron chi connectivity index (χ4n) is 3.22. The standard InChI is InChI=1S/C24H24N4O5S/c1-4-21-27-28-22(25)18(23(29)26-24(28)34-21)13-15-5-10-19(20(14-15)31-3)33-12-11-32-17-8-6-16(30-2)7-9-17/h5-10,13-14,25H,4,11-12H2,1-3H3/b18-13+,25-22?. The van der Waals surface area contributed by atoms with Gasteiger partial charge in [-0.25, -0.2) is 0 Å². The molecule has 0 bridgehead atoms. The Morgan fingerprint density at radius 1 is 1.00 bits per heavy atom. The monoisotopic (exact) mass is 480 g/mol. The highest BCUT2D eigenvalue weighted by Crippen LogP contribution is 2.32. The molecule has 2 aliphatic heterocycles. The predicted octanol–water partition coefficient (Wildman–Crippen LogP) is 4.19. The minimum atomic E-state index is -0.466. The van der Waals surface area contributed by atoms with Gasteiger partial charge in [-0.1, -0.05) is 13.0 Å². The number of amides is 1. The Bertz CT molecular complexity index is 1190. The largest absolute Gasteiger partial charge is 0.497 e. The molecule has 2 aromatic carbocycles. The van der Waals surface area contributed by atoms with Gasteiger partial charge in [0.05, 0.1) is 19.8 Å².